The van der Waals surface area contributed by atoms with Gasteiger partial charge in [0, 0.05) is 24.9 Å². The molecule has 3 aromatic rings. The third kappa shape index (κ3) is 6.49. The van der Waals surface area contributed by atoms with Crippen LogP contribution < -0.4 is 10.3 Å². The maximum atomic E-state index is 13.7. The first kappa shape index (κ1) is 25.8. The average Bonchev–Trinajstić information content (AvgIpc) is 3.32. The van der Waals surface area contributed by atoms with E-state index < -0.39 is 0 Å². The number of piperidine rings is 1. The summed E-state index contributed by atoms with van der Waals surface area (Å²) in [6.07, 6.45) is 4.75. The lowest BCUT2D eigenvalue weighted by Gasteiger charge is -2.25. The highest BCUT2D eigenvalue weighted by Crippen LogP contribution is 2.26. The van der Waals surface area contributed by atoms with E-state index in [1.165, 1.54) is 23.8 Å². The summed E-state index contributed by atoms with van der Waals surface area (Å²) in [5.74, 6) is 1.43. The number of carbonyl (C=O) groups excluding carboxylic acids is 1. The number of likely N-dealkylation sites (tertiary alicyclic amines) is 1. The van der Waals surface area contributed by atoms with Crippen molar-refractivity contribution >= 4 is 5.78 Å². The first-order chi connectivity index (χ1) is 17.2. The second-order valence-electron chi connectivity index (χ2n) is 10.7. The minimum atomic E-state index is -0.319. The number of carbonyl (C=O) groups is 1. The molecule has 0 N–H and O–H groups in total. The quantitative estimate of drug-likeness (QED) is 0.431. The maximum Gasteiger partial charge on any atom is 0.262 e. The molecule has 0 radical (unpaired) electrons. The SMILES string of the molecule is COc1cccc(-c2ccc(-c3noc(CCN4CCCCC4)n3)c(=O)n2CC(=O)CC(C)(C)C)c1. The van der Waals surface area contributed by atoms with Gasteiger partial charge in [-0.2, -0.15) is 4.98 Å². The largest absolute Gasteiger partial charge is 0.497 e. The van der Waals surface area contributed by atoms with Gasteiger partial charge < -0.3 is 18.7 Å². The topological polar surface area (TPSA) is 90.5 Å². The highest BCUT2D eigenvalue weighted by Gasteiger charge is 2.21. The molecular weight excluding hydrogens is 456 g/mol. The molecule has 36 heavy (non-hydrogen) atoms. The second kappa shape index (κ2) is 11.2. The van der Waals surface area contributed by atoms with Crippen molar-refractivity contribution in [1.29, 1.82) is 0 Å². The molecule has 0 unspecified atom stereocenters. The number of ether oxygens (including phenoxy) is 1. The summed E-state index contributed by atoms with van der Waals surface area (Å²) in [7, 11) is 1.60. The minimum absolute atomic E-state index is 0.0128. The number of Topliss-reactive ketones (excluding diaryl/α,β-unsaturated/α-hetero) is 1. The molecule has 192 valence electrons. The van der Waals surface area contributed by atoms with Crippen LogP contribution in [0.3, 0.4) is 0 Å². The van der Waals surface area contributed by atoms with Crippen LogP contribution in [0.2, 0.25) is 0 Å². The van der Waals surface area contributed by atoms with E-state index in [0.29, 0.717) is 35.7 Å². The molecule has 1 aliphatic rings. The number of aromatic nitrogens is 3. The number of hydrogen-bond donors (Lipinski definition) is 0. The molecule has 0 aliphatic carbocycles. The number of rotatable bonds is 9. The zero-order valence-electron chi connectivity index (χ0n) is 21.7. The molecule has 1 aromatic carbocycles. The van der Waals surface area contributed by atoms with Crippen molar-refractivity contribution in [1.82, 2.24) is 19.6 Å². The van der Waals surface area contributed by atoms with Crippen LogP contribution >= 0.6 is 0 Å². The summed E-state index contributed by atoms with van der Waals surface area (Å²) in [5.41, 5.74) is 1.25. The molecule has 1 saturated heterocycles. The summed E-state index contributed by atoms with van der Waals surface area (Å²) in [6, 6.07) is 11.0. The van der Waals surface area contributed by atoms with Crippen LogP contribution in [0.15, 0.2) is 45.7 Å². The van der Waals surface area contributed by atoms with Gasteiger partial charge in [0.1, 0.15) is 5.75 Å². The number of benzene rings is 1. The van der Waals surface area contributed by atoms with Crippen LogP contribution in [0.1, 0.15) is 52.3 Å². The minimum Gasteiger partial charge on any atom is -0.497 e. The zero-order chi connectivity index (χ0) is 25.7. The van der Waals surface area contributed by atoms with E-state index in [1.54, 1.807) is 13.2 Å². The van der Waals surface area contributed by atoms with E-state index in [0.717, 1.165) is 25.2 Å². The van der Waals surface area contributed by atoms with Crippen LogP contribution in [0.5, 0.6) is 5.75 Å². The lowest BCUT2D eigenvalue weighted by molar-refractivity contribution is -0.121. The van der Waals surface area contributed by atoms with E-state index in [2.05, 4.69) is 15.0 Å². The Morgan fingerprint density at radius 3 is 2.61 bits per heavy atom. The molecule has 8 nitrogen and oxygen atoms in total. The lowest BCUT2D eigenvalue weighted by atomic mass is 9.90. The predicted molar refractivity (Wildman–Crippen MR) is 139 cm³/mol. The van der Waals surface area contributed by atoms with Gasteiger partial charge in [0.25, 0.3) is 5.56 Å². The van der Waals surface area contributed by atoms with E-state index in [4.69, 9.17) is 9.26 Å². The van der Waals surface area contributed by atoms with Crippen molar-refractivity contribution in [2.24, 2.45) is 5.41 Å². The van der Waals surface area contributed by atoms with Gasteiger partial charge >= 0.3 is 0 Å². The third-order valence-corrected chi connectivity index (χ3v) is 6.40. The van der Waals surface area contributed by atoms with Gasteiger partial charge in [-0.1, -0.05) is 44.5 Å². The Bertz CT molecular complexity index is 1250. The Kier molecular flexibility index (Phi) is 8.04. The molecule has 1 aliphatic heterocycles. The number of methoxy groups -OCH3 is 1. The number of ketones is 1. The molecule has 8 heteroatoms. The van der Waals surface area contributed by atoms with Crippen molar-refractivity contribution in [2.45, 2.75) is 59.4 Å². The van der Waals surface area contributed by atoms with Gasteiger partial charge in [0.05, 0.1) is 24.9 Å². The standard InChI is InChI=1S/C28H36N4O4/c1-28(2,3)18-21(33)19-32-24(20-9-8-10-22(17-20)35-4)12-11-23(27(32)34)26-29-25(36-30-26)13-16-31-14-6-5-7-15-31/h8-12,17H,5-7,13-16,18-19H2,1-4H3. The van der Waals surface area contributed by atoms with Crippen molar-refractivity contribution in [3.05, 3.63) is 52.6 Å². The Balaban J connectivity index is 1.65. The molecule has 0 bridgehead atoms. The van der Waals surface area contributed by atoms with Crippen molar-refractivity contribution in [3.63, 3.8) is 0 Å². The maximum absolute atomic E-state index is 13.7. The van der Waals surface area contributed by atoms with E-state index in [1.807, 2.05) is 51.1 Å². The first-order valence-corrected chi connectivity index (χ1v) is 12.7. The van der Waals surface area contributed by atoms with E-state index >= 15 is 0 Å². The van der Waals surface area contributed by atoms with Gasteiger partial charge in [0.2, 0.25) is 11.7 Å². The average molecular weight is 493 g/mol. The van der Waals surface area contributed by atoms with E-state index in [-0.39, 0.29) is 29.1 Å². The smallest absolute Gasteiger partial charge is 0.262 e. The second-order valence-corrected chi connectivity index (χ2v) is 10.7. The fourth-order valence-electron chi connectivity index (χ4n) is 4.67. The fraction of sp³-hybridized carbons (Fsp3) is 0.500. The number of pyridine rings is 1. The van der Waals surface area contributed by atoms with Crippen molar-refractivity contribution in [2.75, 3.05) is 26.7 Å². The fourth-order valence-corrected chi connectivity index (χ4v) is 4.67. The molecule has 0 amide bonds. The monoisotopic (exact) mass is 492 g/mol. The van der Waals surface area contributed by atoms with Crippen LogP contribution in [0.4, 0.5) is 0 Å². The van der Waals surface area contributed by atoms with Crippen LogP contribution in [0.25, 0.3) is 22.6 Å². The van der Waals surface area contributed by atoms with Gasteiger partial charge in [-0.15, -0.1) is 0 Å². The van der Waals surface area contributed by atoms with Gasteiger partial charge in [0.15, 0.2) is 5.78 Å². The zero-order valence-corrected chi connectivity index (χ0v) is 21.7. The van der Waals surface area contributed by atoms with Gasteiger partial charge in [-0.25, -0.2) is 0 Å². The van der Waals surface area contributed by atoms with Gasteiger partial charge in [-0.3, -0.25) is 9.59 Å². The number of hydrogen-bond acceptors (Lipinski definition) is 7. The summed E-state index contributed by atoms with van der Waals surface area (Å²) in [4.78, 5) is 33.5. The van der Waals surface area contributed by atoms with Crippen molar-refractivity contribution in [3.8, 4) is 28.4 Å². The molecule has 4 rings (SSSR count). The number of nitrogens with zero attached hydrogens (tertiary/aromatic N) is 4. The molecule has 0 atom stereocenters. The van der Waals surface area contributed by atoms with Crippen LogP contribution in [-0.4, -0.2) is 52.1 Å². The predicted octanol–water partition coefficient (Wildman–Crippen LogP) is 4.61. The van der Waals surface area contributed by atoms with Crippen LogP contribution in [0, 0.1) is 5.41 Å². The Morgan fingerprint density at radius 1 is 1.11 bits per heavy atom. The summed E-state index contributed by atoms with van der Waals surface area (Å²) >= 11 is 0. The molecule has 2 aromatic heterocycles. The van der Waals surface area contributed by atoms with Crippen LogP contribution in [-0.2, 0) is 17.8 Å². The Labute approximate surface area is 212 Å². The first-order valence-electron chi connectivity index (χ1n) is 12.7. The highest BCUT2D eigenvalue weighted by atomic mass is 16.5. The summed E-state index contributed by atoms with van der Waals surface area (Å²) in [5, 5.41) is 4.10. The van der Waals surface area contributed by atoms with Gasteiger partial charge in [-0.05, 0) is 55.6 Å². The molecule has 0 spiro atoms. The lowest BCUT2D eigenvalue weighted by Crippen LogP contribution is -2.31. The molecule has 0 saturated carbocycles. The summed E-state index contributed by atoms with van der Waals surface area (Å²) in [6.45, 7) is 9.06. The van der Waals surface area contributed by atoms with E-state index in [9.17, 15) is 9.59 Å². The Hall–Kier alpha value is -3.26. The molecular formula is C28H36N4O4. The van der Waals surface area contributed by atoms with Crippen molar-refractivity contribution < 1.29 is 14.1 Å². The third-order valence-electron chi connectivity index (χ3n) is 6.40. The molecule has 3 heterocycles. The molecule has 1 fully saturated rings. The summed E-state index contributed by atoms with van der Waals surface area (Å²) < 4.78 is 12.4. The normalized spacial score (nSPS) is 14.7. The Morgan fingerprint density at radius 2 is 1.89 bits per heavy atom. The highest BCUT2D eigenvalue weighted by molar-refractivity contribution is 5.80.